The van der Waals surface area contributed by atoms with Gasteiger partial charge in [0.25, 0.3) is 5.69 Å². The first-order chi connectivity index (χ1) is 13.8. The van der Waals surface area contributed by atoms with Crippen molar-refractivity contribution >= 4 is 44.9 Å². The Hall–Kier alpha value is -3.05. The topological polar surface area (TPSA) is 127 Å². The van der Waals surface area contributed by atoms with Gasteiger partial charge >= 0.3 is 0 Å². The molecule has 0 fully saturated rings. The number of likely N-dealkylation sites (N-methyl/N-ethyl adjacent to an activating group) is 1. The van der Waals surface area contributed by atoms with Crippen LogP contribution in [-0.2, 0) is 9.59 Å². The van der Waals surface area contributed by atoms with Crippen molar-refractivity contribution in [2.75, 3.05) is 37.9 Å². The van der Waals surface area contributed by atoms with E-state index in [4.69, 9.17) is 4.74 Å². The number of anilines is 2. The normalized spacial score (nSPS) is 10.5. The Bertz CT molecular complexity index is 891. The third-order valence-corrected chi connectivity index (χ3v) is 4.27. The van der Waals surface area contributed by atoms with Gasteiger partial charge in [0, 0.05) is 23.6 Å². The van der Waals surface area contributed by atoms with Crippen LogP contribution in [0.5, 0.6) is 5.75 Å². The number of nitro groups is 1. The number of hydrogen-bond acceptors (Lipinski definition) is 7. The van der Waals surface area contributed by atoms with E-state index >= 15 is 0 Å². The van der Waals surface area contributed by atoms with E-state index in [9.17, 15) is 19.7 Å². The van der Waals surface area contributed by atoms with Crippen molar-refractivity contribution < 1.29 is 19.2 Å². The molecule has 0 radical (unpaired) electrons. The Labute approximate surface area is 175 Å². The third-order valence-electron chi connectivity index (χ3n) is 3.80. The molecule has 2 N–H and O–H groups in total. The van der Waals surface area contributed by atoms with Gasteiger partial charge in [-0.25, -0.2) is 4.98 Å². The van der Waals surface area contributed by atoms with Gasteiger partial charge in [-0.3, -0.25) is 24.6 Å². The van der Waals surface area contributed by atoms with Crippen molar-refractivity contribution in [2.24, 2.45) is 0 Å². The number of methoxy groups -OCH3 is 1. The van der Waals surface area contributed by atoms with Crippen LogP contribution < -0.4 is 15.4 Å². The molecule has 0 bridgehead atoms. The number of hydrogen-bond donors (Lipinski definition) is 2. The maximum absolute atomic E-state index is 12.1. The summed E-state index contributed by atoms with van der Waals surface area (Å²) in [5.74, 6) is 0.0745. The number of benzene rings is 1. The molecule has 10 nitrogen and oxygen atoms in total. The minimum absolute atomic E-state index is 0.0590. The zero-order valence-electron chi connectivity index (χ0n) is 15.8. The number of rotatable bonds is 9. The van der Waals surface area contributed by atoms with Gasteiger partial charge in [-0.05, 0) is 47.2 Å². The van der Waals surface area contributed by atoms with Crippen LogP contribution in [0.1, 0.15) is 6.42 Å². The number of pyridine rings is 1. The highest BCUT2D eigenvalue weighted by Crippen LogP contribution is 2.29. The Balaban J connectivity index is 1.83. The molecule has 0 aliphatic carbocycles. The van der Waals surface area contributed by atoms with Crippen molar-refractivity contribution in [3.63, 3.8) is 0 Å². The summed E-state index contributed by atoms with van der Waals surface area (Å²) in [4.78, 5) is 40.5. The average Bonchev–Trinajstić information content (AvgIpc) is 2.68. The quantitative estimate of drug-likeness (QED) is 0.430. The largest absolute Gasteiger partial charge is 0.496 e. The third kappa shape index (κ3) is 7.12. The molecule has 0 spiro atoms. The summed E-state index contributed by atoms with van der Waals surface area (Å²) in [6, 6.07) is 7.60. The van der Waals surface area contributed by atoms with Gasteiger partial charge in [-0.15, -0.1) is 0 Å². The van der Waals surface area contributed by atoms with E-state index in [1.54, 1.807) is 30.3 Å². The summed E-state index contributed by atoms with van der Waals surface area (Å²) < 4.78 is 5.76. The van der Waals surface area contributed by atoms with Crippen LogP contribution >= 0.6 is 15.9 Å². The number of nitrogens with one attached hydrogen (secondary N) is 2. The van der Waals surface area contributed by atoms with Crippen LogP contribution in [0, 0.1) is 10.1 Å². The number of aromatic nitrogens is 1. The van der Waals surface area contributed by atoms with Gasteiger partial charge in [-0.2, -0.15) is 0 Å². The predicted octanol–water partition coefficient (Wildman–Crippen LogP) is 2.66. The first-order valence-electron chi connectivity index (χ1n) is 8.50. The van der Waals surface area contributed by atoms with Crippen LogP contribution in [0.3, 0.4) is 0 Å². The lowest BCUT2D eigenvalue weighted by Gasteiger charge is -2.16. The minimum Gasteiger partial charge on any atom is -0.496 e. The highest BCUT2D eigenvalue weighted by Gasteiger charge is 2.17. The number of nitro benzene ring substituents is 1. The molecule has 2 rings (SSSR count). The zero-order valence-corrected chi connectivity index (χ0v) is 17.4. The standard InChI is InChI=1S/C18H20BrN5O5/c1-23(11-18(26)22-16-6-3-12(19)10-20-16)8-7-17(25)21-14-5-4-13(29-2)9-15(14)24(27)28/h3-6,9-10H,7-8,11H2,1-2H3,(H,21,25)(H,20,22,26). The molecule has 0 unspecified atom stereocenters. The van der Waals surface area contributed by atoms with E-state index in [-0.39, 0.29) is 36.8 Å². The highest BCUT2D eigenvalue weighted by molar-refractivity contribution is 9.10. The molecule has 0 aliphatic rings. The van der Waals surface area contributed by atoms with Crippen LogP contribution in [0.2, 0.25) is 0 Å². The molecule has 0 saturated heterocycles. The SMILES string of the molecule is COc1ccc(NC(=O)CCN(C)CC(=O)Nc2ccc(Br)cn2)c([N+](=O)[O-])c1. The molecule has 11 heteroatoms. The molecule has 0 saturated carbocycles. The van der Waals surface area contributed by atoms with Crippen LogP contribution in [0.4, 0.5) is 17.2 Å². The van der Waals surface area contributed by atoms with E-state index in [0.717, 1.165) is 4.47 Å². The van der Waals surface area contributed by atoms with Gasteiger partial charge in [0.15, 0.2) is 0 Å². The van der Waals surface area contributed by atoms with Crippen molar-refractivity contribution in [1.82, 2.24) is 9.88 Å². The summed E-state index contributed by atoms with van der Waals surface area (Å²) in [6.45, 7) is 0.352. The molecule has 0 aliphatic heterocycles. The number of nitrogens with zero attached hydrogens (tertiary/aromatic N) is 3. The summed E-state index contributed by atoms with van der Waals surface area (Å²) in [7, 11) is 3.09. The van der Waals surface area contributed by atoms with Gasteiger partial charge in [0.1, 0.15) is 17.3 Å². The molecular formula is C18H20BrN5O5. The monoisotopic (exact) mass is 465 g/mol. The van der Waals surface area contributed by atoms with E-state index in [1.165, 1.54) is 25.3 Å². The highest BCUT2D eigenvalue weighted by atomic mass is 79.9. The summed E-state index contributed by atoms with van der Waals surface area (Å²) in [5, 5.41) is 16.3. The number of halogens is 1. The second kappa shape index (κ2) is 10.5. The Morgan fingerprint density at radius 2 is 2.00 bits per heavy atom. The first-order valence-corrected chi connectivity index (χ1v) is 9.30. The lowest BCUT2D eigenvalue weighted by Crippen LogP contribution is -2.32. The maximum Gasteiger partial charge on any atom is 0.296 e. The Morgan fingerprint density at radius 1 is 1.24 bits per heavy atom. The number of ether oxygens (including phenoxy) is 1. The first kappa shape index (κ1) is 22.2. The molecule has 2 amide bonds. The molecular weight excluding hydrogens is 446 g/mol. The van der Waals surface area contributed by atoms with E-state index in [2.05, 4.69) is 31.5 Å². The fourth-order valence-corrected chi connectivity index (χ4v) is 2.59. The van der Waals surface area contributed by atoms with Crippen LogP contribution in [-0.4, -0.2) is 53.9 Å². The van der Waals surface area contributed by atoms with E-state index in [0.29, 0.717) is 11.6 Å². The molecule has 29 heavy (non-hydrogen) atoms. The number of carbonyl (C=O) groups is 2. The maximum atomic E-state index is 12.1. The van der Waals surface area contributed by atoms with Gasteiger partial charge in [-0.1, -0.05) is 0 Å². The van der Waals surface area contributed by atoms with Gasteiger partial charge in [0.2, 0.25) is 11.8 Å². The van der Waals surface area contributed by atoms with Crippen molar-refractivity contribution in [3.05, 3.63) is 51.1 Å². The zero-order chi connectivity index (χ0) is 21.4. The number of carbonyl (C=O) groups excluding carboxylic acids is 2. The molecule has 1 aromatic carbocycles. The average molecular weight is 466 g/mol. The molecule has 0 atom stereocenters. The Kier molecular flexibility index (Phi) is 8.04. The minimum atomic E-state index is -0.593. The van der Waals surface area contributed by atoms with Gasteiger partial charge < -0.3 is 15.4 Å². The summed E-state index contributed by atoms with van der Waals surface area (Å²) in [5.41, 5.74) is -0.171. The second-order valence-corrected chi connectivity index (χ2v) is 7.00. The number of amides is 2. The van der Waals surface area contributed by atoms with Crippen molar-refractivity contribution in [3.8, 4) is 5.75 Å². The Morgan fingerprint density at radius 3 is 2.62 bits per heavy atom. The lowest BCUT2D eigenvalue weighted by molar-refractivity contribution is -0.384. The van der Waals surface area contributed by atoms with Crippen molar-refractivity contribution in [1.29, 1.82) is 0 Å². The van der Waals surface area contributed by atoms with Gasteiger partial charge in [0.05, 0.1) is 24.6 Å². The second-order valence-electron chi connectivity index (χ2n) is 6.09. The predicted molar refractivity (Wildman–Crippen MR) is 111 cm³/mol. The molecule has 154 valence electrons. The summed E-state index contributed by atoms with van der Waals surface area (Å²) in [6.07, 6.45) is 1.63. The summed E-state index contributed by atoms with van der Waals surface area (Å²) >= 11 is 3.26. The molecule has 1 heterocycles. The fraction of sp³-hybridized carbons (Fsp3) is 0.278. The smallest absolute Gasteiger partial charge is 0.296 e. The van der Waals surface area contributed by atoms with Crippen LogP contribution in [0.25, 0.3) is 0 Å². The van der Waals surface area contributed by atoms with Crippen LogP contribution in [0.15, 0.2) is 41.0 Å². The van der Waals surface area contributed by atoms with E-state index < -0.39 is 10.8 Å². The van der Waals surface area contributed by atoms with E-state index in [1.807, 2.05) is 0 Å². The molecule has 2 aromatic rings. The van der Waals surface area contributed by atoms with Crippen molar-refractivity contribution in [2.45, 2.75) is 6.42 Å². The molecule has 1 aromatic heterocycles. The fourth-order valence-electron chi connectivity index (χ4n) is 2.36. The lowest BCUT2D eigenvalue weighted by atomic mass is 10.2.